The number of anilines is 1. The van der Waals surface area contributed by atoms with Gasteiger partial charge in [0.1, 0.15) is 0 Å². The molecule has 2 rings (SSSR count). The highest BCUT2D eigenvalue weighted by molar-refractivity contribution is 5.45. The van der Waals surface area contributed by atoms with Gasteiger partial charge in [-0.1, -0.05) is 13.0 Å². The average molecular weight is 232 g/mol. The molecule has 94 valence electrons. The first kappa shape index (κ1) is 12.4. The molecule has 1 aromatic rings. The van der Waals surface area contributed by atoms with Crippen LogP contribution in [0.1, 0.15) is 37.3 Å². The van der Waals surface area contributed by atoms with Crippen molar-refractivity contribution in [2.24, 2.45) is 0 Å². The minimum atomic E-state index is 0.739. The third-order valence-corrected chi connectivity index (χ3v) is 3.92. The van der Waals surface area contributed by atoms with Crippen molar-refractivity contribution < 1.29 is 0 Å². The summed E-state index contributed by atoms with van der Waals surface area (Å²) in [5.41, 5.74) is 9.75. The van der Waals surface area contributed by atoms with E-state index in [1.54, 1.807) is 0 Å². The highest BCUT2D eigenvalue weighted by Gasteiger charge is 2.19. The molecule has 0 bridgehead atoms. The lowest BCUT2D eigenvalue weighted by Gasteiger charge is -2.26. The number of aryl methyl sites for hydroxylation is 2. The predicted octanol–water partition coefficient (Wildman–Crippen LogP) is 2.86. The molecule has 1 unspecified atom stereocenters. The van der Waals surface area contributed by atoms with E-state index in [-0.39, 0.29) is 0 Å². The topological polar surface area (TPSA) is 29.3 Å². The fourth-order valence-corrected chi connectivity index (χ4v) is 2.89. The van der Waals surface area contributed by atoms with Gasteiger partial charge in [0.25, 0.3) is 0 Å². The van der Waals surface area contributed by atoms with Crippen LogP contribution in [0.25, 0.3) is 0 Å². The van der Waals surface area contributed by atoms with Gasteiger partial charge in [-0.25, -0.2) is 0 Å². The Labute approximate surface area is 105 Å². The Morgan fingerprint density at radius 3 is 2.65 bits per heavy atom. The Morgan fingerprint density at radius 2 is 1.94 bits per heavy atom. The normalized spacial score (nSPS) is 20.1. The molecule has 1 aromatic carbocycles. The van der Waals surface area contributed by atoms with Crippen LogP contribution in [0.2, 0.25) is 0 Å². The van der Waals surface area contributed by atoms with E-state index in [0.29, 0.717) is 0 Å². The average Bonchev–Trinajstić information content (AvgIpc) is 2.51. The molecule has 0 fully saturated rings. The Balaban J connectivity index is 2.06. The predicted molar refractivity (Wildman–Crippen MR) is 74.2 cm³/mol. The molecule has 0 amide bonds. The molecule has 0 spiro atoms. The molecule has 0 saturated carbocycles. The minimum Gasteiger partial charge on any atom is -0.399 e. The van der Waals surface area contributed by atoms with Gasteiger partial charge >= 0.3 is 0 Å². The monoisotopic (exact) mass is 232 g/mol. The fraction of sp³-hybridized carbons (Fsp3) is 0.600. The lowest BCUT2D eigenvalue weighted by molar-refractivity contribution is 0.222. The van der Waals surface area contributed by atoms with Crippen molar-refractivity contribution in [2.75, 3.05) is 19.3 Å². The van der Waals surface area contributed by atoms with Crippen molar-refractivity contribution in [3.63, 3.8) is 0 Å². The van der Waals surface area contributed by atoms with Crippen molar-refractivity contribution in [1.29, 1.82) is 0 Å². The van der Waals surface area contributed by atoms with Crippen LogP contribution in [-0.4, -0.2) is 24.5 Å². The van der Waals surface area contributed by atoms with Gasteiger partial charge in [-0.15, -0.1) is 0 Å². The molecule has 2 N–H and O–H groups in total. The second-order valence-corrected chi connectivity index (χ2v) is 5.24. The second-order valence-electron chi connectivity index (χ2n) is 5.24. The highest BCUT2D eigenvalue weighted by Crippen LogP contribution is 2.24. The Hall–Kier alpha value is -1.02. The molecule has 1 aliphatic rings. The minimum absolute atomic E-state index is 0.739. The van der Waals surface area contributed by atoms with Gasteiger partial charge in [0.2, 0.25) is 0 Å². The quantitative estimate of drug-likeness (QED) is 0.641. The van der Waals surface area contributed by atoms with Crippen LogP contribution in [-0.2, 0) is 12.8 Å². The summed E-state index contributed by atoms with van der Waals surface area (Å²) >= 11 is 0. The highest BCUT2D eigenvalue weighted by atomic mass is 15.1. The Morgan fingerprint density at radius 1 is 1.24 bits per heavy atom. The number of nitrogens with zero attached hydrogens (tertiary/aromatic N) is 1. The van der Waals surface area contributed by atoms with Gasteiger partial charge in [-0.05, 0) is 69.0 Å². The van der Waals surface area contributed by atoms with Crippen LogP contribution in [0.3, 0.4) is 0 Å². The third-order valence-electron chi connectivity index (χ3n) is 3.92. The number of benzene rings is 1. The van der Waals surface area contributed by atoms with Gasteiger partial charge in [-0.2, -0.15) is 0 Å². The molecule has 1 atom stereocenters. The summed E-state index contributed by atoms with van der Waals surface area (Å²) in [6, 6.07) is 7.16. The molecule has 2 nitrogen and oxygen atoms in total. The summed E-state index contributed by atoms with van der Waals surface area (Å²) in [6.07, 6.45) is 6.18. The molecule has 0 saturated heterocycles. The van der Waals surface area contributed by atoms with E-state index in [1.807, 2.05) is 6.07 Å². The Bertz CT molecular complexity index is 373. The lowest BCUT2D eigenvalue weighted by atomic mass is 10.0. The van der Waals surface area contributed by atoms with E-state index >= 15 is 0 Å². The van der Waals surface area contributed by atoms with E-state index in [2.05, 4.69) is 31.0 Å². The molecule has 17 heavy (non-hydrogen) atoms. The molecule has 0 radical (unpaired) electrons. The molecule has 0 aromatic heterocycles. The van der Waals surface area contributed by atoms with E-state index < -0.39 is 0 Å². The molecule has 0 heterocycles. The summed E-state index contributed by atoms with van der Waals surface area (Å²) in [7, 11) is 2.26. The van der Waals surface area contributed by atoms with E-state index in [0.717, 1.165) is 11.7 Å². The molecule has 2 heteroatoms. The third kappa shape index (κ3) is 3.01. The maximum absolute atomic E-state index is 5.86. The number of hydrogen-bond acceptors (Lipinski definition) is 2. The van der Waals surface area contributed by atoms with Gasteiger partial charge in [0.05, 0.1) is 0 Å². The number of nitrogens with two attached hydrogens (primary N) is 1. The zero-order valence-electron chi connectivity index (χ0n) is 11.1. The van der Waals surface area contributed by atoms with Crippen LogP contribution in [0.15, 0.2) is 18.2 Å². The summed E-state index contributed by atoms with van der Waals surface area (Å²) in [6.45, 7) is 3.46. The number of hydrogen-bond donors (Lipinski definition) is 1. The summed E-state index contributed by atoms with van der Waals surface area (Å²) in [5, 5.41) is 0. The van der Waals surface area contributed by atoms with E-state index in [1.165, 1.54) is 49.8 Å². The zero-order valence-corrected chi connectivity index (χ0v) is 11.1. The number of fused-ring (bicyclic) bond motifs is 1. The van der Waals surface area contributed by atoms with Crippen LogP contribution in [0.5, 0.6) is 0 Å². The SMILES string of the molecule is CCCN(C)C1CCc2ccc(N)cc2CC1. The van der Waals surface area contributed by atoms with Crippen LogP contribution in [0, 0.1) is 0 Å². The van der Waals surface area contributed by atoms with Gasteiger partial charge in [0.15, 0.2) is 0 Å². The zero-order chi connectivity index (χ0) is 12.3. The first-order chi connectivity index (χ1) is 8.20. The molecular formula is C15H24N2. The molecule has 1 aliphatic carbocycles. The van der Waals surface area contributed by atoms with Crippen molar-refractivity contribution in [3.05, 3.63) is 29.3 Å². The standard InChI is InChI=1S/C15H24N2/c1-3-10-17(2)15-8-5-12-4-7-14(16)11-13(12)6-9-15/h4,7,11,15H,3,5-6,8-10,16H2,1-2H3. The lowest BCUT2D eigenvalue weighted by Crippen LogP contribution is -2.32. The van der Waals surface area contributed by atoms with Gasteiger partial charge in [-0.3, -0.25) is 0 Å². The largest absolute Gasteiger partial charge is 0.399 e. The van der Waals surface area contributed by atoms with Crippen LogP contribution >= 0.6 is 0 Å². The first-order valence-electron chi connectivity index (χ1n) is 6.78. The van der Waals surface area contributed by atoms with Gasteiger partial charge < -0.3 is 10.6 Å². The maximum Gasteiger partial charge on any atom is 0.0316 e. The van der Waals surface area contributed by atoms with Crippen molar-refractivity contribution in [1.82, 2.24) is 4.90 Å². The fourth-order valence-electron chi connectivity index (χ4n) is 2.89. The van der Waals surface area contributed by atoms with Crippen LogP contribution < -0.4 is 5.73 Å². The number of nitrogen functional groups attached to an aromatic ring is 1. The van der Waals surface area contributed by atoms with E-state index in [4.69, 9.17) is 5.73 Å². The summed E-state index contributed by atoms with van der Waals surface area (Å²) in [5.74, 6) is 0. The number of rotatable bonds is 3. The summed E-state index contributed by atoms with van der Waals surface area (Å²) in [4.78, 5) is 2.52. The van der Waals surface area contributed by atoms with Crippen molar-refractivity contribution in [3.8, 4) is 0 Å². The second kappa shape index (κ2) is 5.54. The Kier molecular flexibility index (Phi) is 4.06. The summed E-state index contributed by atoms with van der Waals surface area (Å²) < 4.78 is 0. The van der Waals surface area contributed by atoms with E-state index in [9.17, 15) is 0 Å². The van der Waals surface area contributed by atoms with Crippen molar-refractivity contribution in [2.45, 2.75) is 45.1 Å². The van der Waals surface area contributed by atoms with Crippen LogP contribution in [0.4, 0.5) is 5.69 Å². The maximum atomic E-state index is 5.86. The van der Waals surface area contributed by atoms with Gasteiger partial charge in [0, 0.05) is 11.7 Å². The van der Waals surface area contributed by atoms with Crippen molar-refractivity contribution >= 4 is 5.69 Å². The first-order valence-corrected chi connectivity index (χ1v) is 6.78. The molecular weight excluding hydrogens is 208 g/mol. The smallest absolute Gasteiger partial charge is 0.0316 e. The molecule has 0 aliphatic heterocycles.